The van der Waals surface area contributed by atoms with Crippen LogP contribution in [-0.2, 0) is 9.47 Å². The van der Waals surface area contributed by atoms with E-state index in [1.54, 1.807) is 0 Å². The van der Waals surface area contributed by atoms with Crippen molar-refractivity contribution in [1.82, 2.24) is 15.5 Å². The van der Waals surface area contributed by atoms with Gasteiger partial charge in [-0.25, -0.2) is 0 Å². The molecule has 1 saturated heterocycles. The third-order valence-electron chi connectivity index (χ3n) is 4.54. The number of aromatic amines is 1. The molecular formula is C17H21N3O3. The highest BCUT2D eigenvalue weighted by Gasteiger charge is 2.31. The maximum atomic E-state index is 12.6. The Morgan fingerprint density at radius 2 is 2.22 bits per heavy atom. The molecule has 0 spiro atoms. The molecule has 0 bridgehead atoms. The van der Waals surface area contributed by atoms with Crippen LogP contribution < -0.4 is 5.32 Å². The van der Waals surface area contributed by atoms with Crippen LogP contribution in [0.4, 0.5) is 0 Å². The van der Waals surface area contributed by atoms with Gasteiger partial charge in [0.1, 0.15) is 0 Å². The highest BCUT2D eigenvalue weighted by molar-refractivity contribution is 6.04. The first kappa shape index (κ1) is 14.7. The van der Waals surface area contributed by atoms with Crippen molar-refractivity contribution in [1.29, 1.82) is 0 Å². The highest BCUT2D eigenvalue weighted by atomic mass is 16.5. The lowest BCUT2D eigenvalue weighted by Crippen LogP contribution is -2.50. The molecular weight excluding hydrogens is 294 g/mol. The topological polar surface area (TPSA) is 76.2 Å². The minimum atomic E-state index is -0.182. The van der Waals surface area contributed by atoms with Crippen molar-refractivity contribution in [2.45, 2.75) is 31.4 Å². The van der Waals surface area contributed by atoms with Crippen LogP contribution in [0.15, 0.2) is 24.3 Å². The molecule has 0 unspecified atom stereocenters. The number of para-hydroxylation sites is 1. The number of amides is 1. The molecule has 0 radical (unpaired) electrons. The van der Waals surface area contributed by atoms with Crippen molar-refractivity contribution in [3.05, 3.63) is 30.0 Å². The van der Waals surface area contributed by atoms with Crippen LogP contribution in [0.5, 0.6) is 0 Å². The van der Waals surface area contributed by atoms with Crippen molar-refractivity contribution < 1.29 is 14.3 Å². The van der Waals surface area contributed by atoms with E-state index in [0.717, 1.165) is 23.9 Å². The molecule has 2 aromatic rings. The molecule has 6 heteroatoms. The Labute approximate surface area is 134 Å². The summed E-state index contributed by atoms with van der Waals surface area (Å²) in [5.41, 5.74) is 1.28. The predicted molar refractivity (Wildman–Crippen MR) is 85.2 cm³/mol. The SMILES string of the molecule is O=C(N[C@@H]1COCC[C@@H]1OCC1CC1)c1n[nH]c2ccccc12. The van der Waals surface area contributed by atoms with Crippen LogP contribution in [0.1, 0.15) is 29.8 Å². The van der Waals surface area contributed by atoms with Gasteiger partial charge in [0.15, 0.2) is 5.69 Å². The van der Waals surface area contributed by atoms with Gasteiger partial charge in [0, 0.05) is 18.6 Å². The summed E-state index contributed by atoms with van der Waals surface area (Å²) in [5, 5.41) is 10.9. The van der Waals surface area contributed by atoms with E-state index in [2.05, 4.69) is 15.5 Å². The maximum Gasteiger partial charge on any atom is 0.272 e. The molecule has 2 heterocycles. The number of fused-ring (bicyclic) bond motifs is 1. The van der Waals surface area contributed by atoms with Crippen molar-refractivity contribution in [3.8, 4) is 0 Å². The number of hydrogen-bond acceptors (Lipinski definition) is 4. The molecule has 1 aromatic heterocycles. The van der Waals surface area contributed by atoms with Crippen LogP contribution >= 0.6 is 0 Å². The summed E-state index contributed by atoms with van der Waals surface area (Å²) in [6, 6.07) is 7.50. The number of carbonyl (C=O) groups is 1. The quantitative estimate of drug-likeness (QED) is 0.883. The number of hydrogen-bond donors (Lipinski definition) is 2. The monoisotopic (exact) mass is 315 g/mol. The van der Waals surface area contributed by atoms with E-state index < -0.39 is 0 Å². The number of H-pyrrole nitrogens is 1. The molecule has 6 nitrogen and oxygen atoms in total. The van der Waals surface area contributed by atoms with E-state index in [4.69, 9.17) is 9.47 Å². The van der Waals surface area contributed by atoms with Crippen LogP contribution in [-0.4, -0.2) is 48.1 Å². The largest absolute Gasteiger partial charge is 0.379 e. The maximum absolute atomic E-state index is 12.6. The van der Waals surface area contributed by atoms with Crippen LogP contribution in [0.2, 0.25) is 0 Å². The zero-order chi connectivity index (χ0) is 15.6. The fraction of sp³-hybridized carbons (Fsp3) is 0.529. The van der Waals surface area contributed by atoms with Gasteiger partial charge in [0.25, 0.3) is 5.91 Å². The minimum absolute atomic E-state index is 0.0264. The van der Waals surface area contributed by atoms with E-state index >= 15 is 0 Å². The van der Waals surface area contributed by atoms with Crippen molar-refractivity contribution in [2.24, 2.45) is 5.92 Å². The lowest BCUT2D eigenvalue weighted by Gasteiger charge is -2.32. The normalized spacial score (nSPS) is 24.7. The zero-order valence-corrected chi connectivity index (χ0v) is 13.0. The molecule has 1 aliphatic carbocycles. The van der Waals surface area contributed by atoms with E-state index in [0.29, 0.717) is 24.8 Å². The van der Waals surface area contributed by atoms with E-state index in [1.165, 1.54) is 12.8 Å². The Bertz CT molecular complexity index is 695. The summed E-state index contributed by atoms with van der Waals surface area (Å²) in [6.07, 6.45) is 3.37. The molecule has 122 valence electrons. The first-order valence-corrected chi connectivity index (χ1v) is 8.24. The summed E-state index contributed by atoms with van der Waals surface area (Å²) in [4.78, 5) is 12.6. The van der Waals surface area contributed by atoms with E-state index in [9.17, 15) is 4.79 Å². The molecule has 1 saturated carbocycles. The number of carbonyl (C=O) groups excluding carboxylic acids is 1. The number of benzene rings is 1. The van der Waals surface area contributed by atoms with Crippen molar-refractivity contribution in [3.63, 3.8) is 0 Å². The number of rotatable bonds is 5. The molecule has 23 heavy (non-hydrogen) atoms. The Kier molecular flexibility index (Phi) is 4.01. The van der Waals surface area contributed by atoms with Gasteiger partial charge in [0.2, 0.25) is 0 Å². The average molecular weight is 315 g/mol. The number of nitrogens with one attached hydrogen (secondary N) is 2. The summed E-state index contributed by atoms with van der Waals surface area (Å²) in [7, 11) is 0. The average Bonchev–Trinajstić information content (AvgIpc) is 3.31. The van der Waals surface area contributed by atoms with Gasteiger partial charge in [-0.05, 0) is 31.2 Å². The Morgan fingerprint density at radius 1 is 1.35 bits per heavy atom. The Balaban J connectivity index is 1.45. The van der Waals surface area contributed by atoms with Gasteiger partial charge in [0.05, 0.1) is 24.3 Å². The van der Waals surface area contributed by atoms with Crippen LogP contribution in [0.25, 0.3) is 10.9 Å². The fourth-order valence-corrected chi connectivity index (χ4v) is 2.97. The van der Waals surface area contributed by atoms with Crippen LogP contribution in [0.3, 0.4) is 0 Å². The standard InChI is InChI=1S/C17H21N3O3/c21-17(16-12-3-1-2-4-13(12)19-20-16)18-14-10-22-8-7-15(14)23-9-11-5-6-11/h1-4,11,14-15H,5-10H2,(H,18,21)(H,19,20)/t14-,15+/m1/s1. The summed E-state index contributed by atoms with van der Waals surface area (Å²) in [5.74, 6) is 0.530. The lowest BCUT2D eigenvalue weighted by molar-refractivity contribution is -0.0567. The Hall–Kier alpha value is -1.92. The second kappa shape index (κ2) is 6.29. The van der Waals surface area contributed by atoms with Gasteiger partial charge in [-0.2, -0.15) is 5.10 Å². The Morgan fingerprint density at radius 3 is 3.09 bits per heavy atom. The first-order valence-electron chi connectivity index (χ1n) is 8.24. The molecule has 2 N–H and O–H groups in total. The summed E-state index contributed by atoms with van der Waals surface area (Å²) >= 11 is 0. The molecule has 1 amide bonds. The molecule has 1 aromatic carbocycles. The fourth-order valence-electron chi connectivity index (χ4n) is 2.97. The van der Waals surface area contributed by atoms with Gasteiger partial charge < -0.3 is 14.8 Å². The highest BCUT2D eigenvalue weighted by Crippen LogP contribution is 2.30. The summed E-state index contributed by atoms with van der Waals surface area (Å²) in [6.45, 7) is 1.97. The number of ether oxygens (including phenoxy) is 2. The minimum Gasteiger partial charge on any atom is -0.379 e. The first-order chi connectivity index (χ1) is 11.3. The third-order valence-corrected chi connectivity index (χ3v) is 4.54. The summed E-state index contributed by atoms with van der Waals surface area (Å²) < 4.78 is 11.5. The molecule has 2 aliphatic rings. The van der Waals surface area contributed by atoms with Crippen molar-refractivity contribution >= 4 is 16.8 Å². The van der Waals surface area contributed by atoms with Gasteiger partial charge in [-0.15, -0.1) is 0 Å². The number of aromatic nitrogens is 2. The second-order valence-electron chi connectivity index (χ2n) is 6.38. The second-order valence-corrected chi connectivity index (χ2v) is 6.38. The number of nitrogens with zero attached hydrogens (tertiary/aromatic N) is 1. The van der Waals surface area contributed by atoms with E-state index in [-0.39, 0.29) is 18.1 Å². The smallest absolute Gasteiger partial charge is 0.272 e. The van der Waals surface area contributed by atoms with E-state index in [1.807, 2.05) is 24.3 Å². The van der Waals surface area contributed by atoms with Gasteiger partial charge in [-0.1, -0.05) is 18.2 Å². The molecule has 1 aliphatic heterocycles. The molecule has 4 rings (SSSR count). The molecule has 2 fully saturated rings. The van der Waals surface area contributed by atoms with Gasteiger partial charge >= 0.3 is 0 Å². The van der Waals surface area contributed by atoms with Crippen molar-refractivity contribution in [2.75, 3.05) is 19.8 Å². The zero-order valence-electron chi connectivity index (χ0n) is 13.0. The molecule has 2 atom stereocenters. The van der Waals surface area contributed by atoms with Gasteiger partial charge in [-0.3, -0.25) is 9.89 Å². The lowest BCUT2D eigenvalue weighted by atomic mass is 10.1. The predicted octanol–water partition coefficient (Wildman–Crippen LogP) is 1.88. The van der Waals surface area contributed by atoms with Crippen LogP contribution in [0, 0.1) is 5.92 Å². The third kappa shape index (κ3) is 3.23.